The van der Waals surface area contributed by atoms with E-state index in [1.54, 1.807) is 0 Å². The normalized spacial score (nSPS) is 25.3. The SMILES string of the molecule is C=C1OC[C@H](C)[C@H]1OCc1ccccc1. The van der Waals surface area contributed by atoms with Crippen molar-refractivity contribution in [1.29, 1.82) is 0 Å². The number of rotatable bonds is 3. The molecule has 1 saturated heterocycles. The maximum atomic E-state index is 5.79. The molecule has 0 radical (unpaired) electrons. The van der Waals surface area contributed by atoms with Crippen LogP contribution < -0.4 is 0 Å². The molecule has 1 aromatic carbocycles. The molecule has 0 amide bonds. The molecule has 1 fully saturated rings. The molecule has 1 heterocycles. The average molecular weight is 204 g/mol. The van der Waals surface area contributed by atoms with Crippen molar-refractivity contribution in [3.8, 4) is 0 Å². The predicted octanol–water partition coefficient (Wildman–Crippen LogP) is 2.75. The number of hydrogen-bond acceptors (Lipinski definition) is 2. The van der Waals surface area contributed by atoms with Crippen molar-refractivity contribution >= 4 is 0 Å². The quantitative estimate of drug-likeness (QED) is 0.753. The Labute approximate surface area is 90.5 Å². The highest BCUT2D eigenvalue weighted by atomic mass is 16.5. The fraction of sp³-hybridized carbons (Fsp3) is 0.385. The second-order valence-electron chi connectivity index (χ2n) is 3.97. The highest BCUT2D eigenvalue weighted by Crippen LogP contribution is 2.25. The Bertz CT molecular complexity index is 332. The van der Waals surface area contributed by atoms with Gasteiger partial charge in [-0.1, -0.05) is 43.8 Å². The van der Waals surface area contributed by atoms with Crippen LogP contribution in [0.25, 0.3) is 0 Å². The predicted molar refractivity (Wildman–Crippen MR) is 59.3 cm³/mol. The molecule has 0 bridgehead atoms. The molecule has 0 spiro atoms. The van der Waals surface area contributed by atoms with Crippen molar-refractivity contribution in [3.63, 3.8) is 0 Å². The summed E-state index contributed by atoms with van der Waals surface area (Å²) in [5, 5.41) is 0. The second kappa shape index (κ2) is 4.49. The number of benzene rings is 1. The van der Waals surface area contributed by atoms with Crippen LogP contribution in [0.3, 0.4) is 0 Å². The lowest BCUT2D eigenvalue weighted by Gasteiger charge is -2.14. The molecule has 15 heavy (non-hydrogen) atoms. The highest BCUT2D eigenvalue weighted by Gasteiger charge is 2.29. The molecule has 2 rings (SSSR count). The Balaban J connectivity index is 1.91. The van der Waals surface area contributed by atoms with Crippen molar-refractivity contribution < 1.29 is 9.47 Å². The van der Waals surface area contributed by atoms with Crippen LogP contribution in [0.15, 0.2) is 42.7 Å². The number of hydrogen-bond donors (Lipinski definition) is 0. The topological polar surface area (TPSA) is 18.5 Å². The maximum absolute atomic E-state index is 5.79. The van der Waals surface area contributed by atoms with E-state index >= 15 is 0 Å². The summed E-state index contributed by atoms with van der Waals surface area (Å²) in [6, 6.07) is 10.2. The summed E-state index contributed by atoms with van der Waals surface area (Å²) in [6.45, 7) is 7.31. The molecule has 1 aromatic rings. The maximum Gasteiger partial charge on any atom is 0.120 e. The Hall–Kier alpha value is -1.28. The zero-order chi connectivity index (χ0) is 10.7. The van der Waals surface area contributed by atoms with Gasteiger partial charge < -0.3 is 9.47 Å². The summed E-state index contributed by atoms with van der Waals surface area (Å²) in [6.07, 6.45) is 0.0465. The van der Waals surface area contributed by atoms with E-state index in [9.17, 15) is 0 Å². The molecular weight excluding hydrogens is 188 g/mol. The third-order valence-corrected chi connectivity index (χ3v) is 2.64. The van der Waals surface area contributed by atoms with Crippen LogP contribution in [-0.4, -0.2) is 12.7 Å². The van der Waals surface area contributed by atoms with E-state index < -0.39 is 0 Å². The van der Waals surface area contributed by atoms with Gasteiger partial charge in [-0.3, -0.25) is 0 Å². The van der Waals surface area contributed by atoms with Crippen molar-refractivity contribution in [1.82, 2.24) is 0 Å². The Morgan fingerprint density at radius 3 is 2.73 bits per heavy atom. The zero-order valence-corrected chi connectivity index (χ0v) is 8.98. The van der Waals surface area contributed by atoms with Crippen molar-refractivity contribution in [2.24, 2.45) is 5.92 Å². The minimum Gasteiger partial charge on any atom is -0.495 e. The van der Waals surface area contributed by atoms with E-state index in [4.69, 9.17) is 9.47 Å². The fourth-order valence-electron chi connectivity index (χ4n) is 1.74. The van der Waals surface area contributed by atoms with E-state index in [1.165, 1.54) is 5.56 Å². The van der Waals surface area contributed by atoms with Crippen LogP contribution in [0.5, 0.6) is 0 Å². The van der Waals surface area contributed by atoms with Gasteiger partial charge in [-0.05, 0) is 5.56 Å². The van der Waals surface area contributed by atoms with Gasteiger partial charge in [0.25, 0.3) is 0 Å². The first kappa shape index (κ1) is 10.2. The van der Waals surface area contributed by atoms with Crippen molar-refractivity contribution in [3.05, 3.63) is 48.2 Å². The van der Waals surface area contributed by atoms with E-state index in [0.717, 1.165) is 12.4 Å². The smallest absolute Gasteiger partial charge is 0.120 e. The van der Waals surface area contributed by atoms with Gasteiger partial charge in [0.2, 0.25) is 0 Å². The molecule has 1 aliphatic rings. The lowest BCUT2D eigenvalue weighted by Crippen LogP contribution is -2.18. The van der Waals surface area contributed by atoms with Gasteiger partial charge in [0.1, 0.15) is 11.9 Å². The van der Waals surface area contributed by atoms with E-state index in [0.29, 0.717) is 12.5 Å². The van der Waals surface area contributed by atoms with Crippen LogP contribution in [0, 0.1) is 5.92 Å². The summed E-state index contributed by atoms with van der Waals surface area (Å²) in [7, 11) is 0. The Morgan fingerprint density at radius 1 is 1.40 bits per heavy atom. The van der Waals surface area contributed by atoms with Crippen molar-refractivity contribution in [2.45, 2.75) is 19.6 Å². The monoisotopic (exact) mass is 204 g/mol. The average Bonchev–Trinajstić information content (AvgIpc) is 2.58. The Kier molecular flexibility index (Phi) is 3.07. The first-order valence-electron chi connectivity index (χ1n) is 5.24. The molecule has 2 nitrogen and oxygen atoms in total. The molecule has 2 atom stereocenters. The van der Waals surface area contributed by atoms with Crippen molar-refractivity contribution in [2.75, 3.05) is 6.61 Å². The first-order valence-corrected chi connectivity index (χ1v) is 5.24. The molecule has 80 valence electrons. The van der Waals surface area contributed by atoms with Gasteiger partial charge in [0.05, 0.1) is 13.2 Å². The lowest BCUT2D eigenvalue weighted by atomic mass is 10.1. The first-order chi connectivity index (χ1) is 7.27. The summed E-state index contributed by atoms with van der Waals surface area (Å²) >= 11 is 0. The summed E-state index contributed by atoms with van der Waals surface area (Å²) < 4.78 is 11.1. The molecular formula is C13H16O2. The third-order valence-electron chi connectivity index (χ3n) is 2.64. The third kappa shape index (κ3) is 2.39. The standard InChI is InChI=1S/C13H16O2/c1-10-8-14-11(2)13(10)15-9-12-6-4-3-5-7-12/h3-7,10,13H,2,8-9H2,1H3/t10-,13+/m0/s1. The van der Waals surface area contributed by atoms with Gasteiger partial charge in [-0.15, -0.1) is 0 Å². The summed E-state index contributed by atoms with van der Waals surface area (Å²) in [4.78, 5) is 0. The minimum absolute atomic E-state index is 0.0465. The van der Waals surface area contributed by atoms with Gasteiger partial charge >= 0.3 is 0 Å². The highest BCUT2D eigenvalue weighted by molar-refractivity contribution is 5.14. The van der Waals surface area contributed by atoms with Gasteiger partial charge in [-0.2, -0.15) is 0 Å². The van der Waals surface area contributed by atoms with Crippen LogP contribution in [-0.2, 0) is 16.1 Å². The molecule has 0 aliphatic carbocycles. The molecule has 1 aliphatic heterocycles. The fourth-order valence-corrected chi connectivity index (χ4v) is 1.74. The lowest BCUT2D eigenvalue weighted by molar-refractivity contribution is 0.0425. The molecule has 0 unspecified atom stereocenters. The Morgan fingerprint density at radius 2 is 2.13 bits per heavy atom. The van der Waals surface area contributed by atoms with Gasteiger partial charge in [0.15, 0.2) is 0 Å². The van der Waals surface area contributed by atoms with Crippen LogP contribution in [0.2, 0.25) is 0 Å². The summed E-state index contributed by atoms with van der Waals surface area (Å²) in [5.41, 5.74) is 1.18. The largest absolute Gasteiger partial charge is 0.495 e. The summed E-state index contributed by atoms with van der Waals surface area (Å²) in [5.74, 6) is 1.17. The van der Waals surface area contributed by atoms with E-state index in [1.807, 2.05) is 18.2 Å². The van der Waals surface area contributed by atoms with Crippen LogP contribution in [0.4, 0.5) is 0 Å². The molecule has 0 saturated carbocycles. The zero-order valence-electron chi connectivity index (χ0n) is 8.98. The number of ether oxygens (including phenoxy) is 2. The molecule has 2 heteroatoms. The van der Waals surface area contributed by atoms with E-state index in [2.05, 4.69) is 25.6 Å². The molecule has 0 aromatic heterocycles. The minimum atomic E-state index is 0.0465. The van der Waals surface area contributed by atoms with Gasteiger partial charge in [-0.25, -0.2) is 0 Å². The van der Waals surface area contributed by atoms with Gasteiger partial charge in [0, 0.05) is 5.92 Å². The van der Waals surface area contributed by atoms with E-state index in [-0.39, 0.29) is 6.10 Å². The van der Waals surface area contributed by atoms with Crippen LogP contribution in [0.1, 0.15) is 12.5 Å². The molecule has 0 N–H and O–H groups in total. The second-order valence-corrected chi connectivity index (χ2v) is 3.97. The van der Waals surface area contributed by atoms with Crippen LogP contribution >= 0.6 is 0 Å².